The molecule has 3 rings (SSSR count). The summed E-state index contributed by atoms with van der Waals surface area (Å²) in [6.45, 7) is 4.36. The number of benzene rings is 1. The first kappa shape index (κ1) is 14.5. The summed E-state index contributed by atoms with van der Waals surface area (Å²) >= 11 is 0. The molecule has 1 atom stereocenters. The Hall–Kier alpha value is -1.46. The van der Waals surface area contributed by atoms with Crippen molar-refractivity contribution in [3.8, 4) is 0 Å². The third-order valence-corrected chi connectivity index (χ3v) is 4.41. The van der Waals surface area contributed by atoms with Crippen LogP contribution in [0.3, 0.4) is 0 Å². The summed E-state index contributed by atoms with van der Waals surface area (Å²) in [7, 11) is 1.64. The van der Waals surface area contributed by atoms with E-state index in [1.807, 2.05) is 19.9 Å². The van der Waals surface area contributed by atoms with Crippen LogP contribution in [-0.4, -0.2) is 35.6 Å². The third-order valence-electron chi connectivity index (χ3n) is 4.41. The Kier molecular flexibility index (Phi) is 3.30. The maximum absolute atomic E-state index is 13.5. The summed E-state index contributed by atoms with van der Waals surface area (Å²) in [6, 6.07) is 6.42. The van der Waals surface area contributed by atoms with Gasteiger partial charge < -0.3 is 9.64 Å². The molecule has 1 aromatic rings. The molecule has 114 valence electrons. The van der Waals surface area contributed by atoms with Gasteiger partial charge in [-0.1, -0.05) is 12.1 Å². The Balaban J connectivity index is 1.91. The summed E-state index contributed by atoms with van der Waals surface area (Å²) in [4.78, 5) is 14.4. The lowest BCUT2D eigenvalue weighted by atomic mass is 10.1. The predicted octanol–water partition coefficient (Wildman–Crippen LogP) is 2.21. The van der Waals surface area contributed by atoms with Gasteiger partial charge in [0, 0.05) is 7.11 Å². The molecule has 1 spiro atoms. The third kappa shape index (κ3) is 2.56. The number of methoxy groups -OCH3 is 1. The number of hydrogen-bond acceptors (Lipinski definition) is 3. The van der Waals surface area contributed by atoms with Crippen molar-refractivity contribution in [3.63, 3.8) is 0 Å². The molecule has 2 aliphatic rings. The molecular weight excluding hydrogens is 271 g/mol. The van der Waals surface area contributed by atoms with Crippen molar-refractivity contribution in [2.24, 2.45) is 0 Å². The average molecular weight is 292 g/mol. The first-order chi connectivity index (χ1) is 9.87. The second-order valence-corrected chi connectivity index (χ2v) is 6.58. The van der Waals surface area contributed by atoms with Gasteiger partial charge in [0.25, 0.3) is 0 Å². The molecule has 0 bridgehead atoms. The topological polar surface area (TPSA) is 41.6 Å². The van der Waals surface area contributed by atoms with Gasteiger partial charge >= 0.3 is 0 Å². The molecule has 2 fully saturated rings. The number of rotatable bonds is 4. The number of ether oxygens (including phenoxy) is 1. The highest BCUT2D eigenvalue weighted by Gasteiger charge is 2.59. The van der Waals surface area contributed by atoms with Crippen LogP contribution in [-0.2, 0) is 9.53 Å². The molecule has 1 saturated heterocycles. The van der Waals surface area contributed by atoms with Gasteiger partial charge in [0.05, 0.1) is 12.1 Å². The zero-order valence-electron chi connectivity index (χ0n) is 12.6. The molecule has 1 amide bonds. The monoisotopic (exact) mass is 292 g/mol. The Bertz CT molecular complexity index is 569. The molecule has 4 nitrogen and oxygen atoms in total. The molecule has 0 aromatic heterocycles. The summed E-state index contributed by atoms with van der Waals surface area (Å²) in [5.41, 5.74) is -0.0940. The second kappa shape index (κ2) is 4.78. The van der Waals surface area contributed by atoms with Crippen molar-refractivity contribution >= 4 is 5.91 Å². The molecule has 1 unspecified atom stereocenters. The van der Waals surface area contributed by atoms with Crippen molar-refractivity contribution in [1.82, 2.24) is 10.2 Å². The van der Waals surface area contributed by atoms with E-state index < -0.39 is 11.1 Å². The van der Waals surface area contributed by atoms with Crippen LogP contribution in [0.1, 0.15) is 38.4 Å². The summed E-state index contributed by atoms with van der Waals surface area (Å²) < 4.78 is 18.9. The molecule has 1 heterocycles. The van der Waals surface area contributed by atoms with Crippen molar-refractivity contribution in [2.75, 3.05) is 13.7 Å². The van der Waals surface area contributed by atoms with Gasteiger partial charge in [-0.25, -0.2) is 4.39 Å². The highest BCUT2D eigenvalue weighted by Crippen LogP contribution is 2.46. The fraction of sp³-hybridized carbons (Fsp3) is 0.562. The quantitative estimate of drug-likeness (QED) is 0.925. The number of carbonyl (C=O) groups excluding carboxylic acids is 1. The number of carbonyl (C=O) groups is 1. The average Bonchev–Trinajstić information content (AvgIpc) is 3.18. The van der Waals surface area contributed by atoms with Crippen LogP contribution < -0.4 is 5.32 Å². The molecule has 0 radical (unpaired) electrons. The van der Waals surface area contributed by atoms with Gasteiger partial charge in [-0.15, -0.1) is 0 Å². The maximum atomic E-state index is 13.5. The maximum Gasteiger partial charge on any atom is 0.244 e. The van der Waals surface area contributed by atoms with E-state index in [0.29, 0.717) is 6.54 Å². The van der Waals surface area contributed by atoms with Gasteiger partial charge in [0.2, 0.25) is 5.91 Å². The fourth-order valence-electron chi connectivity index (χ4n) is 2.85. The van der Waals surface area contributed by atoms with E-state index in [4.69, 9.17) is 4.74 Å². The van der Waals surface area contributed by atoms with Gasteiger partial charge in [-0.05, 0) is 44.4 Å². The van der Waals surface area contributed by atoms with Gasteiger partial charge in [-0.2, -0.15) is 0 Å². The molecule has 1 aliphatic heterocycles. The Morgan fingerprint density at radius 3 is 2.76 bits per heavy atom. The molecule has 21 heavy (non-hydrogen) atoms. The zero-order chi connectivity index (χ0) is 15.3. The van der Waals surface area contributed by atoms with Crippen LogP contribution in [0.2, 0.25) is 0 Å². The minimum atomic E-state index is -0.441. The summed E-state index contributed by atoms with van der Waals surface area (Å²) in [6.07, 6.45) is 1.41. The summed E-state index contributed by atoms with van der Waals surface area (Å²) in [5.74, 6) is -0.189. The molecule has 1 aromatic carbocycles. The van der Waals surface area contributed by atoms with Crippen LogP contribution >= 0.6 is 0 Å². The first-order valence-corrected chi connectivity index (χ1v) is 7.26. The van der Waals surface area contributed by atoms with E-state index in [-0.39, 0.29) is 17.9 Å². The van der Waals surface area contributed by atoms with Crippen molar-refractivity contribution < 1.29 is 13.9 Å². The van der Waals surface area contributed by atoms with Gasteiger partial charge in [0.15, 0.2) is 0 Å². The molecule has 1 aliphatic carbocycles. The van der Waals surface area contributed by atoms with Crippen molar-refractivity contribution in [3.05, 3.63) is 35.6 Å². The minimum absolute atomic E-state index is 0.0990. The summed E-state index contributed by atoms with van der Waals surface area (Å²) in [5, 5.41) is 3.39. The molecule has 1 N–H and O–H groups in total. The van der Waals surface area contributed by atoms with E-state index in [9.17, 15) is 9.18 Å². The lowest BCUT2D eigenvalue weighted by Gasteiger charge is -2.32. The molecule has 5 heteroatoms. The Labute approximate surface area is 124 Å². The predicted molar refractivity (Wildman–Crippen MR) is 77.0 cm³/mol. The fourth-order valence-corrected chi connectivity index (χ4v) is 2.85. The number of nitrogens with zero attached hydrogens (tertiary/aromatic N) is 1. The van der Waals surface area contributed by atoms with Crippen molar-refractivity contribution in [1.29, 1.82) is 0 Å². The zero-order valence-corrected chi connectivity index (χ0v) is 12.6. The SMILES string of the molecule is COC(C)(C)CN1C(=O)C2(CC2)NC1c1cccc(F)c1. The lowest BCUT2D eigenvalue weighted by Crippen LogP contribution is -2.43. The largest absolute Gasteiger partial charge is 0.377 e. The Morgan fingerprint density at radius 1 is 1.48 bits per heavy atom. The van der Waals surface area contributed by atoms with E-state index in [1.165, 1.54) is 12.1 Å². The van der Waals surface area contributed by atoms with E-state index in [2.05, 4.69) is 5.32 Å². The van der Waals surface area contributed by atoms with Gasteiger partial charge in [0.1, 0.15) is 17.5 Å². The van der Waals surface area contributed by atoms with Crippen LogP contribution in [0, 0.1) is 5.82 Å². The number of nitrogens with one attached hydrogen (secondary N) is 1. The number of halogens is 1. The number of amides is 1. The van der Waals surface area contributed by atoms with Gasteiger partial charge in [-0.3, -0.25) is 10.1 Å². The van der Waals surface area contributed by atoms with Crippen molar-refractivity contribution in [2.45, 2.75) is 44.0 Å². The van der Waals surface area contributed by atoms with E-state index in [1.54, 1.807) is 18.1 Å². The van der Waals surface area contributed by atoms with Crippen LogP contribution in [0.25, 0.3) is 0 Å². The van der Waals surface area contributed by atoms with Crippen LogP contribution in [0.15, 0.2) is 24.3 Å². The standard InChI is InChI=1S/C16H21FN2O2/c1-15(2,21-3)10-19-13(11-5-4-6-12(17)9-11)18-16(7-8-16)14(19)20/h4-6,9,13,18H,7-8,10H2,1-3H3. The van der Waals surface area contributed by atoms with Crippen LogP contribution in [0.4, 0.5) is 4.39 Å². The van der Waals surface area contributed by atoms with E-state index >= 15 is 0 Å². The smallest absolute Gasteiger partial charge is 0.244 e. The second-order valence-electron chi connectivity index (χ2n) is 6.58. The highest BCUT2D eigenvalue weighted by molar-refractivity contribution is 5.92. The minimum Gasteiger partial charge on any atom is -0.377 e. The van der Waals surface area contributed by atoms with E-state index in [0.717, 1.165) is 18.4 Å². The molecular formula is C16H21FN2O2. The lowest BCUT2D eigenvalue weighted by molar-refractivity contribution is -0.134. The first-order valence-electron chi connectivity index (χ1n) is 7.26. The molecule has 1 saturated carbocycles. The normalized spacial score (nSPS) is 23.9. The Morgan fingerprint density at radius 2 is 2.19 bits per heavy atom. The highest BCUT2D eigenvalue weighted by atomic mass is 19.1. The number of hydrogen-bond donors (Lipinski definition) is 1. The van der Waals surface area contributed by atoms with Crippen LogP contribution in [0.5, 0.6) is 0 Å².